The van der Waals surface area contributed by atoms with Crippen molar-refractivity contribution in [1.29, 1.82) is 0 Å². The van der Waals surface area contributed by atoms with Crippen molar-refractivity contribution < 1.29 is 0 Å². The first-order valence-electron chi connectivity index (χ1n) is 6.20. The maximum atomic E-state index is 6.46. The van der Waals surface area contributed by atoms with Gasteiger partial charge in [-0.05, 0) is 32.0 Å². The van der Waals surface area contributed by atoms with Crippen molar-refractivity contribution in [3.8, 4) is 0 Å². The third kappa shape index (κ3) is 2.84. The maximum Gasteiger partial charge on any atom is 0.0463 e. The molecule has 1 fully saturated rings. The number of likely N-dealkylation sites (N-methyl/N-ethyl adjacent to an activating group) is 1. The molecule has 2 rings (SSSR count). The topological polar surface area (TPSA) is 29.3 Å². The molecule has 1 heterocycles. The highest BCUT2D eigenvalue weighted by Gasteiger charge is 2.27. The lowest BCUT2D eigenvalue weighted by Crippen LogP contribution is -2.46. The summed E-state index contributed by atoms with van der Waals surface area (Å²) in [6.07, 6.45) is 0. The zero-order chi connectivity index (χ0) is 12.4. The van der Waals surface area contributed by atoms with Gasteiger partial charge in [-0.2, -0.15) is 11.8 Å². The molecule has 0 saturated carbocycles. The third-order valence-electron chi connectivity index (χ3n) is 3.64. The minimum absolute atomic E-state index is 0.133. The molecule has 1 saturated heterocycles. The van der Waals surface area contributed by atoms with Gasteiger partial charge in [-0.3, -0.25) is 4.90 Å². The van der Waals surface area contributed by atoms with Crippen LogP contribution in [0.3, 0.4) is 0 Å². The Labute approximate surface area is 109 Å². The lowest BCUT2D eigenvalue weighted by molar-refractivity contribution is 0.237. The molecule has 0 radical (unpaired) electrons. The van der Waals surface area contributed by atoms with Crippen LogP contribution in [-0.4, -0.2) is 36.0 Å². The molecule has 1 aliphatic rings. The summed E-state index contributed by atoms with van der Waals surface area (Å²) in [5, 5.41) is 0. The van der Waals surface area contributed by atoms with E-state index in [-0.39, 0.29) is 6.04 Å². The van der Waals surface area contributed by atoms with Crippen LogP contribution in [0.4, 0.5) is 0 Å². The van der Waals surface area contributed by atoms with Crippen molar-refractivity contribution in [1.82, 2.24) is 4.90 Å². The molecule has 3 heteroatoms. The molecule has 17 heavy (non-hydrogen) atoms. The van der Waals surface area contributed by atoms with E-state index in [4.69, 9.17) is 5.73 Å². The number of benzene rings is 1. The number of aryl methyl sites for hydroxylation is 2. The number of thioether (sulfide) groups is 1. The van der Waals surface area contributed by atoms with Crippen molar-refractivity contribution in [2.75, 3.05) is 25.1 Å². The second-order valence-electron chi connectivity index (χ2n) is 5.01. The Morgan fingerprint density at radius 1 is 1.41 bits per heavy atom. The van der Waals surface area contributed by atoms with Gasteiger partial charge in [-0.15, -0.1) is 0 Å². The molecule has 1 aromatic carbocycles. The van der Waals surface area contributed by atoms with Gasteiger partial charge in [-0.1, -0.05) is 23.8 Å². The molecule has 0 aromatic heterocycles. The lowest BCUT2D eigenvalue weighted by atomic mass is 9.95. The number of rotatable bonds is 2. The van der Waals surface area contributed by atoms with E-state index in [0.29, 0.717) is 6.04 Å². The summed E-state index contributed by atoms with van der Waals surface area (Å²) in [6.45, 7) is 5.44. The third-order valence-corrected chi connectivity index (χ3v) is 4.69. The standard InChI is InChI=1S/C14H22N2S/c1-10-4-5-12(11(2)8-10)14(15)13-9-17-7-6-16(13)3/h4-5,8,13-14H,6-7,9,15H2,1-3H3. The van der Waals surface area contributed by atoms with Gasteiger partial charge in [0.05, 0.1) is 0 Å². The number of hydrogen-bond donors (Lipinski definition) is 1. The molecule has 0 spiro atoms. The highest BCUT2D eigenvalue weighted by Crippen LogP contribution is 2.27. The fraction of sp³-hybridized carbons (Fsp3) is 0.571. The predicted molar refractivity (Wildman–Crippen MR) is 76.6 cm³/mol. The molecular formula is C14H22N2S. The van der Waals surface area contributed by atoms with E-state index in [9.17, 15) is 0 Å². The van der Waals surface area contributed by atoms with Crippen LogP contribution in [0.15, 0.2) is 18.2 Å². The summed E-state index contributed by atoms with van der Waals surface area (Å²) < 4.78 is 0. The zero-order valence-corrected chi connectivity index (χ0v) is 11.8. The summed E-state index contributed by atoms with van der Waals surface area (Å²) in [7, 11) is 2.19. The SMILES string of the molecule is Cc1ccc(C(N)C2CSCCN2C)c(C)c1. The van der Waals surface area contributed by atoms with E-state index in [1.54, 1.807) is 0 Å². The highest BCUT2D eigenvalue weighted by atomic mass is 32.2. The fourth-order valence-corrected chi connectivity index (χ4v) is 3.78. The minimum atomic E-state index is 0.133. The molecule has 2 atom stereocenters. The maximum absolute atomic E-state index is 6.46. The normalized spacial score (nSPS) is 23.6. The molecular weight excluding hydrogens is 228 g/mol. The van der Waals surface area contributed by atoms with Crippen molar-refractivity contribution in [2.45, 2.75) is 25.9 Å². The van der Waals surface area contributed by atoms with E-state index in [1.807, 2.05) is 11.8 Å². The van der Waals surface area contributed by atoms with E-state index in [0.717, 1.165) is 12.3 Å². The van der Waals surface area contributed by atoms with Gasteiger partial charge in [0.15, 0.2) is 0 Å². The van der Waals surface area contributed by atoms with Gasteiger partial charge in [0, 0.05) is 30.1 Å². The summed E-state index contributed by atoms with van der Waals surface area (Å²) in [6, 6.07) is 7.19. The first-order chi connectivity index (χ1) is 8.09. The molecule has 1 aliphatic heterocycles. The Bertz CT molecular complexity index is 392. The Balaban J connectivity index is 2.20. The zero-order valence-electron chi connectivity index (χ0n) is 10.9. The van der Waals surface area contributed by atoms with Crippen LogP contribution in [0.1, 0.15) is 22.7 Å². The monoisotopic (exact) mass is 250 g/mol. The van der Waals surface area contributed by atoms with Crippen LogP contribution in [0, 0.1) is 13.8 Å². The van der Waals surface area contributed by atoms with E-state index >= 15 is 0 Å². The Morgan fingerprint density at radius 3 is 2.82 bits per heavy atom. The van der Waals surface area contributed by atoms with Crippen molar-refractivity contribution in [2.24, 2.45) is 5.73 Å². The second-order valence-corrected chi connectivity index (χ2v) is 6.16. The van der Waals surface area contributed by atoms with Gasteiger partial charge in [-0.25, -0.2) is 0 Å². The molecule has 0 aliphatic carbocycles. The summed E-state index contributed by atoms with van der Waals surface area (Å²) >= 11 is 2.02. The van der Waals surface area contributed by atoms with Crippen LogP contribution in [0.5, 0.6) is 0 Å². The second kappa shape index (κ2) is 5.42. The van der Waals surface area contributed by atoms with Crippen LogP contribution >= 0.6 is 11.8 Å². The molecule has 0 amide bonds. The van der Waals surface area contributed by atoms with Crippen LogP contribution in [0.25, 0.3) is 0 Å². The average Bonchev–Trinajstić information content (AvgIpc) is 2.29. The minimum Gasteiger partial charge on any atom is -0.323 e. The predicted octanol–water partition coefficient (Wildman–Crippen LogP) is 2.35. The van der Waals surface area contributed by atoms with Crippen LogP contribution in [0.2, 0.25) is 0 Å². The van der Waals surface area contributed by atoms with Crippen molar-refractivity contribution >= 4 is 11.8 Å². The number of hydrogen-bond acceptors (Lipinski definition) is 3. The van der Waals surface area contributed by atoms with E-state index < -0.39 is 0 Å². The summed E-state index contributed by atoms with van der Waals surface area (Å²) in [5.74, 6) is 2.37. The van der Waals surface area contributed by atoms with Crippen molar-refractivity contribution in [3.63, 3.8) is 0 Å². The molecule has 94 valence electrons. The Hall–Kier alpha value is -0.510. The number of nitrogens with zero attached hydrogens (tertiary/aromatic N) is 1. The van der Waals surface area contributed by atoms with Gasteiger partial charge in [0.1, 0.15) is 0 Å². The quantitative estimate of drug-likeness (QED) is 0.873. The van der Waals surface area contributed by atoms with E-state index in [2.05, 4.69) is 44.0 Å². The lowest BCUT2D eigenvalue weighted by Gasteiger charge is -2.36. The molecule has 2 N–H and O–H groups in total. The summed E-state index contributed by atoms with van der Waals surface area (Å²) in [5.41, 5.74) is 10.4. The van der Waals surface area contributed by atoms with Crippen LogP contribution < -0.4 is 5.73 Å². The Morgan fingerprint density at radius 2 is 2.18 bits per heavy atom. The van der Waals surface area contributed by atoms with Crippen molar-refractivity contribution in [3.05, 3.63) is 34.9 Å². The molecule has 1 aromatic rings. The largest absolute Gasteiger partial charge is 0.323 e. The smallest absolute Gasteiger partial charge is 0.0463 e. The molecule has 0 bridgehead atoms. The average molecular weight is 250 g/mol. The van der Waals surface area contributed by atoms with Gasteiger partial charge in [0.25, 0.3) is 0 Å². The molecule has 2 unspecified atom stereocenters. The van der Waals surface area contributed by atoms with Gasteiger partial charge in [0.2, 0.25) is 0 Å². The first-order valence-corrected chi connectivity index (χ1v) is 7.36. The highest BCUT2D eigenvalue weighted by molar-refractivity contribution is 7.99. The first kappa shape index (κ1) is 12.9. The van der Waals surface area contributed by atoms with Gasteiger partial charge < -0.3 is 5.73 Å². The van der Waals surface area contributed by atoms with Crippen LogP contribution in [-0.2, 0) is 0 Å². The molecule has 2 nitrogen and oxygen atoms in total. The van der Waals surface area contributed by atoms with E-state index in [1.165, 1.54) is 22.4 Å². The fourth-order valence-electron chi connectivity index (χ4n) is 2.49. The van der Waals surface area contributed by atoms with Gasteiger partial charge >= 0.3 is 0 Å². The Kier molecular flexibility index (Phi) is 4.13. The summed E-state index contributed by atoms with van der Waals surface area (Å²) in [4.78, 5) is 2.40. The number of nitrogens with two attached hydrogens (primary N) is 1.